The van der Waals surface area contributed by atoms with Crippen LogP contribution in [0.2, 0.25) is 0 Å². The fourth-order valence-electron chi connectivity index (χ4n) is 14.0. The number of para-hydroxylation sites is 3. The van der Waals surface area contributed by atoms with Crippen LogP contribution in [0.3, 0.4) is 0 Å². The number of alkyl carbamates (subject to hydrolysis) is 3. The Bertz CT molecular complexity index is 4210. The minimum atomic E-state index is -1.25. The second-order valence-electron chi connectivity index (χ2n) is 35.2. The van der Waals surface area contributed by atoms with Crippen LogP contribution < -0.4 is 86.5 Å². The summed E-state index contributed by atoms with van der Waals surface area (Å²) in [6.45, 7) is 18.5. The first-order chi connectivity index (χ1) is 69.8. The van der Waals surface area contributed by atoms with Crippen LogP contribution in [0.4, 0.5) is 14.4 Å². The third-order valence-corrected chi connectivity index (χ3v) is 22.4. The van der Waals surface area contributed by atoms with Crippen LogP contribution in [0.15, 0.2) is 92.6 Å². The van der Waals surface area contributed by atoms with Crippen molar-refractivity contribution < 1.29 is 126 Å². The van der Waals surface area contributed by atoms with Crippen molar-refractivity contribution in [1.29, 1.82) is 1.28 Å². The summed E-state index contributed by atoms with van der Waals surface area (Å²) in [6.07, 6.45) is 51.3. The summed E-state index contributed by atoms with van der Waals surface area (Å²) in [4.78, 5) is 173. The lowest BCUT2D eigenvalue weighted by atomic mass is 10.0. The highest BCUT2D eigenvalue weighted by Gasteiger charge is 2.29. The molecule has 0 spiro atoms. The number of imide groups is 2. The molecule has 1 unspecified atom stereocenters. The number of phenolic OH excluding ortho intramolecular Hbond substituents is 2. The Hall–Kier alpha value is -11.4. The number of unbranched alkanes of at least 4 members (excludes halogenated alkanes) is 36. The Morgan fingerprint density at radius 2 is 0.593 bits per heavy atom. The summed E-state index contributed by atoms with van der Waals surface area (Å²) in [6, 6.07) is 8.27. The number of aryl methyl sites for hydroxylation is 3. The zero-order valence-electron chi connectivity index (χ0n) is 87.8. The largest absolute Gasteiger partial charge is 0.504 e. The normalized spacial score (nSPS) is 11.9. The minimum Gasteiger partial charge on any atom is -0.504 e. The van der Waals surface area contributed by atoms with Gasteiger partial charge in [-0.1, -0.05) is 333 Å². The molecule has 822 valence electrons. The zero-order valence-corrected chi connectivity index (χ0v) is 87.8. The number of phenols is 2. The van der Waals surface area contributed by atoms with Gasteiger partial charge in [-0.25, -0.2) is 38.4 Å². The molecule has 3 aromatic carbocycles. The number of carbonyl (C=O) groups excluding carboxylic acids is 13. The maximum atomic E-state index is 13.1. The van der Waals surface area contributed by atoms with Gasteiger partial charge in [-0.3, -0.25) is 44.2 Å². The van der Waals surface area contributed by atoms with Gasteiger partial charge >= 0.3 is 54.1 Å². The summed E-state index contributed by atoms with van der Waals surface area (Å²) < 4.78 is 42.5. The van der Waals surface area contributed by atoms with E-state index in [1.165, 1.54) is 235 Å². The van der Waals surface area contributed by atoms with E-state index in [-0.39, 0.29) is 131 Å². The number of carbonyl (C=O) groups is 15. The number of amides is 9. The van der Waals surface area contributed by atoms with E-state index in [2.05, 4.69) is 50.6 Å². The van der Waals surface area contributed by atoms with Crippen LogP contribution in [0, 0.1) is 0 Å². The molecule has 39 heteroatoms. The van der Waals surface area contributed by atoms with Crippen molar-refractivity contribution in [3.8, 4) is 34.5 Å². The van der Waals surface area contributed by atoms with E-state index in [9.17, 15) is 82.1 Å². The predicted octanol–water partition coefficient (Wildman–Crippen LogP) is 16.0. The Balaban J connectivity index is -0.00000192. The van der Waals surface area contributed by atoms with Crippen molar-refractivity contribution in [1.82, 2.24) is 16.0 Å². The van der Waals surface area contributed by atoms with E-state index >= 15 is 0 Å². The molecule has 0 radical (unpaired) electrons. The van der Waals surface area contributed by atoms with Crippen LogP contribution in [0.1, 0.15) is 365 Å². The summed E-state index contributed by atoms with van der Waals surface area (Å²) >= 11 is 0. The van der Waals surface area contributed by atoms with Crippen molar-refractivity contribution in [3.63, 3.8) is 0 Å². The molecule has 0 aliphatic rings. The number of benzene rings is 3. The molecule has 0 saturated carbocycles. The Morgan fingerprint density at radius 3 is 0.876 bits per heavy atom. The quantitative estimate of drug-likeness (QED) is 0.00475. The third kappa shape index (κ3) is 78.6. The standard InChI is InChI=1S/C39H60N4O10.C31H52N4O6.C21H36O2.C9H14N2O5.C5H10N2O3.CH5P/c1-4-7-8-9-10-11-12-13-14-15-16-17-18-20-29-21-19-22-32(52-36(46)30(40)23-25-33(44)42-38(48)50-27-5-2)35(29)53-37(47)31(41)24-26-34(45)43-39(49)51-28-6-3;1-2-3-4-5-6-7-8-9-10-11-12-13-14-16-23-17-15-18-26(40-30(38)24(32)19-21-27(34)36)29(23)41-31(39)25(33)20-22-28(35)37;1-2-3-4-5-6-7-8-9-10-11-12-13-14-16-19-17-15-18-20(22)21(19)23;1-2-5-16-9(15)11-6(8(13)14)3-4-7(10)12;6-3(5(9)10)1-2-4(7)8;1-2/h5-6,19,21-22,30-31H,2-4,7-18,20,23-28,40-41H2,1H3,(H,42,44,48)(H,43,45,49);15,17-18,24-25H,2-14,16,19-22,32-33H2,1H3,(H2,34,36)(H2,35,37);15,17-18,22-23H,2-14,16H2,1H3;2,6H,1,3-5H2,(H2,10,12)(H,11,15)(H,13,14);3H,1-2,6H2,(H2,7,8)(H,9,10);2H2,1H3/t30-,31-;24-,25-;;6-;3-;/m00.00./s1/i;;;;;2D. The topological polar surface area (TPSA) is 672 Å². The highest BCUT2D eigenvalue weighted by molar-refractivity contribution is 7.15. The average Bonchev–Trinajstić information content (AvgIpc) is 0.829. The van der Waals surface area contributed by atoms with E-state index < -0.39 is 126 Å². The number of primary amides is 4. The lowest BCUT2D eigenvalue weighted by molar-refractivity contribution is -0.140. The third-order valence-electron chi connectivity index (χ3n) is 22.4. The van der Waals surface area contributed by atoms with Crippen LogP contribution >= 0.6 is 9.18 Å². The molecule has 145 heavy (non-hydrogen) atoms. The molecule has 0 heterocycles. The van der Waals surface area contributed by atoms with Gasteiger partial charge < -0.3 is 111 Å². The van der Waals surface area contributed by atoms with E-state index in [0.717, 1.165) is 63.4 Å². The second-order valence-corrected chi connectivity index (χ2v) is 35.2. The van der Waals surface area contributed by atoms with Gasteiger partial charge in [0.15, 0.2) is 34.5 Å². The first kappa shape index (κ1) is 136. The highest BCUT2D eigenvalue weighted by atomic mass is 31.0. The summed E-state index contributed by atoms with van der Waals surface area (Å²) in [5.41, 5.74) is 50.9. The molecule has 9 amide bonds. The van der Waals surface area contributed by atoms with Gasteiger partial charge in [-0.05, 0) is 112 Å². The maximum Gasteiger partial charge on any atom is 0.414 e. The molecule has 3 rings (SSSR count). The molecule has 7 atom stereocenters. The lowest BCUT2D eigenvalue weighted by Crippen LogP contribution is -2.41. The highest BCUT2D eigenvalue weighted by Crippen LogP contribution is 2.36. The van der Waals surface area contributed by atoms with E-state index in [1.807, 2.05) is 29.4 Å². The molecule has 0 aromatic heterocycles. The number of aromatic hydroxyl groups is 2. The van der Waals surface area contributed by atoms with Gasteiger partial charge in [0.25, 0.3) is 0 Å². The van der Waals surface area contributed by atoms with Crippen LogP contribution in [0.5, 0.6) is 34.5 Å². The fourth-order valence-corrected chi connectivity index (χ4v) is 14.0. The van der Waals surface area contributed by atoms with Crippen LogP contribution in [-0.2, 0) is 91.0 Å². The summed E-state index contributed by atoms with van der Waals surface area (Å²) in [5.74, 6) is -9.28. The van der Waals surface area contributed by atoms with E-state index in [1.54, 1.807) is 24.3 Å². The zero-order chi connectivity index (χ0) is 110. The molecule has 0 bridgehead atoms. The molecule has 0 fully saturated rings. The van der Waals surface area contributed by atoms with Gasteiger partial charge in [-0.2, -0.15) is 0 Å². The van der Waals surface area contributed by atoms with Gasteiger partial charge in [-0.15, -0.1) is 9.18 Å². The second kappa shape index (κ2) is 92.4. The van der Waals surface area contributed by atoms with Crippen molar-refractivity contribution in [3.05, 3.63) is 109 Å². The van der Waals surface area contributed by atoms with Gasteiger partial charge in [0.05, 0.1) is 1.28 Å². The predicted molar refractivity (Wildman–Crippen MR) is 564 cm³/mol. The number of hydrogen-bond acceptors (Lipinski definition) is 29. The number of carboxylic acid groups (broad SMARTS) is 2. The number of ether oxygens (including phenoxy) is 7. The minimum absolute atomic E-state index is 0.00260. The fraction of sp³-hybridized carbons (Fsp3) is 0.632. The molecule has 0 aliphatic heterocycles. The molecular weight excluding hydrogens is 1890 g/mol. The average molecular weight is 2070 g/mol. The van der Waals surface area contributed by atoms with Crippen molar-refractivity contribution in [2.24, 2.45) is 51.6 Å². The number of nitrogens with two attached hydrogens (primary N) is 9. The van der Waals surface area contributed by atoms with Crippen molar-refractivity contribution >= 4 is 98.7 Å². The van der Waals surface area contributed by atoms with E-state index in [0.29, 0.717) is 33.2 Å². The molecule has 3 aromatic rings. The smallest absolute Gasteiger partial charge is 0.414 e. The SMILES string of the molecule is C=CCOC(=O)NC(=O)CC[C@H](N)C(=O)Oc1cccc(CCCCCCCCCCCCCCC)c1OC(=O)[C@@H](N)CCC(=O)NC(=O)OCC=C.C=CCOC(=O)N[C@@H](CCC(N)=O)C(=O)O.CCCCCCCCCCCCCCCc1cccc(O)c1O.CCCCCCCCCCCCCCCc1cccc(OC(=O)[C@@H](N)CCC(N)=O)c1OC(=O)[C@@H](N)CCC(N)=O.NC(=O)CC[C@H](N)C(=O)O.[2H]PC. The van der Waals surface area contributed by atoms with Gasteiger partial charge in [0, 0.05) is 38.5 Å². The summed E-state index contributed by atoms with van der Waals surface area (Å²) in [7, 11) is 0.333. The molecule has 38 nitrogen and oxygen atoms in total. The van der Waals surface area contributed by atoms with E-state index in [4.69, 9.17) is 91.5 Å². The van der Waals surface area contributed by atoms with Crippen molar-refractivity contribution in [2.75, 3.05) is 26.5 Å². The maximum absolute atomic E-state index is 13.1. The first-order valence-electron chi connectivity index (χ1n) is 52.1. The van der Waals surface area contributed by atoms with Crippen LogP contribution in [-0.4, -0.2) is 174 Å². The van der Waals surface area contributed by atoms with Gasteiger partial charge in [0.2, 0.25) is 35.4 Å². The molecule has 0 aliphatic carbocycles. The molecular formula is C106H177N12O26P. The number of nitrogens with one attached hydrogen (secondary N) is 3. The number of aliphatic carboxylic acids is 2. The first-order valence-corrected chi connectivity index (χ1v) is 52.6. The summed E-state index contributed by atoms with van der Waals surface area (Å²) in [5, 5.41) is 42.3. The number of rotatable bonds is 77. The Morgan fingerprint density at radius 1 is 0.345 bits per heavy atom. The lowest BCUT2D eigenvalue weighted by Gasteiger charge is -2.18. The van der Waals surface area contributed by atoms with Gasteiger partial charge in [0.1, 0.15) is 56.1 Å². The molecule has 0 saturated heterocycles. The number of hydrogen-bond donors (Lipinski definition) is 16. The van der Waals surface area contributed by atoms with Crippen molar-refractivity contribution in [2.45, 2.75) is 404 Å². The number of esters is 4. The Labute approximate surface area is 862 Å². The monoisotopic (exact) mass is 2070 g/mol. The number of carboxylic acids is 2. The Kier molecular flexibility index (Phi) is 86.4. The molecule has 25 N–H and O–H groups in total. The van der Waals surface area contributed by atoms with Crippen LogP contribution in [0.25, 0.3) is 0 Å².